The number of benzene rings is 1. The molecule has 0 spiro atoms. The number of carbonyl (C=O) groups is 1. The Labute approximate surface area is 97.4 Å². The zero-order valence-electron chi connectivity index (χ0n) is 9.17. The summed E-state index contributed by atoms with van der Waals surface area (Å²) in [5.41, 5.74) is 5.26. The van der Waals surface area contributed by atoms with E-state index in [-0.39, 0.29) is 5.69 Å². The van der Waals surface area contributed by atoms with Gasteiger partial charge in [-0.1, -0.05) is 0 Å². The first-order chi connectivity index (χ1) is 8.08. The largest absolute Gasteiger partial charge is 0.370 e. The molecule has 1 aliphatic heterocycles. The van der Waals surface area contributed by atoms with Crippen molar-refractivity contribution in [3.05, 3.63) is 23.8 Å². The van der Waals surface area contributed by atoms with Crippen LogP contribution in [-0.2, 0) is 0 Å². The van der Waals surface area contributed by atoms with Crippen LogP contribution in [0.1, 0.15) is 12.8 Å². The average molecular weight is 241 g/mol. The van der Waals surface area contributed by atoms with Crippen LogP contribution in [0.5, 0.6) is 0 Å². The predicted octanol–water partition coefficient (Wildman–Crippen LogP) is 2.06. The van der Waals surface area contributed by atoms with E-state index in [1.165, 1.54) is 6.07 Å². The molecule has 92 valence electrons. The number of primary amides is 1. The topological polar surface area (TPSA) is 58.4 Å². The first-order valence-corrected chi connectivity index (χ1v) is 5.38. The smallest absolute Gasteiger partial charge is 0.316 e. The number of nitrogens with two attached hydrogens (primary N) is 1. The lowest BCUT2D eigenvalue weighted by atomic mass is 10.2. The number of anilines is 2. The zero-order chi connectivity index (χ0) is 12.4. The molecular formula is C11H13F2N3O. The van der Waals surface area contributed by atoms with Gasteiger partial charge >= 0.3 is 6.03 Å². The fourth-order valence-electron chi connectivity index (χ4n) is 2.01. The Morgan fingerprint density at radius 3 is 2.53 bits per heavy atom. The Morgan fingerprint density at radius 1 is 1.29 bits per heavy atom. The number of carbonyl (C=O) groups excluding carboxylic acids is 1. The second-order valence-corrected chi connectivity index (χ2v) is 3.97. The van der Waals surface area contributed by atoms with Crippen molar-refractivity contribution < 1.29 is 13.6 Å². The fourth-order valence-corrected chi connectivity index (χ4v) is 2.01. The van der Waals surface area contributed by atoms with Crippen molar-refractivity contribution >= 4 is 17.4 Å². The molecule has 0 aromatic heterocycles. The number of halogens is 2. The third kappa shape index (κ3) is 2.46. The Bertz CT molecular complexity index is 445. The van der Waals surface area contributed by atoms with E-state index < -0.39 is 17.7 Å². The minimum atomic E-state index is -0.865. The Morgan fingerprint density at radius 2 is 1.94 bits per heavy atom. The molecule has 1 aliphatic rings. The first-order valence-electron chi connectivity index (χ1n) is 5.38. The molecule has 1 aromatic rings. The second-order valence-electron chi connectivity index (χ2n) is 3.97. The van der Waals surface area contributed by atoms with Crippen molar-refractivity contribution in [1.29, 1.82) is 0 Å². The maximum Gasteiger partial charge on any atom is 0.316 e. The van der Waals surface area contributed by atoms with Gasteiger partial charge in [-0.25, -0.2) is 13.6 Å². The molecule has 0 unspecified atom stereocenters. The number of rotatable bonds is 2. The normalized spacial score (nSPS) is 15.1. The number of hydrogen-bond donors (Lipinski definition) is 2. The van der Waals surface area contributed by atoms with E-state index in [4.69, 9.17) is 5.73 Å². The van der Waals surface area contributed by atoms with Crippen LogP contribution in [0, 0.1) is 11.6 Å². The Hall–Kier alpha value is -1.85. The van der Waals surface area contributed by atoms with E-state index in [1.807, 2.05) is 4.90 Å². The minimum Gasteiger partial charge on any atom is -0.370 e. The van der Waals surface area contributed by atoms with Crippen molar-refractivity contribution in [2.24, 2.45) is 5.73 Å². The van der Waals surface area contributed by atoms with Crippen LogP contribution >= 0.6 is 0 Å². The van der Waals surface area contributed by atoms with Gasteiger partial charge in [0, 0.05) is 19.2 Å². The van der Waals surface area contributed by atoms with Crippen LogP contribution in [0.4, 0.5) is 25.0 Å². The molecular weight excluding hydrogens is 228 g/mol. The summed E-state index contributed by atoms with van der Waals surface area (Å²) in [5, 5.41) is 2.20. The molecule has 1 aromatic carbocycles. The lowest BCUT2D eigenvalue weighted by Crippen LogP contribution is -2.25. The lowest BCUT2D eigenvalue weighted by Gasteiger charge is -2.21. The van der Waals surface area contributed by atoms with E-state index in [0.29, 0.717) is 5.69 Å². The third-order valence-electron chi connectivity index (χ3n) is 2.73. The van der Waals surface area contributed by atoms with Crippen LogP contribution < -0.4 is 16.0 Å². The van der Waals surface area contributed by atoms with E-state index in [1.54, 1.807) is 0 Å². The highest BCUT2D eigenvalue weighted by molar-refractivity contribution is 5.92. The average Bonchev–Trinajstić information content (AvgIpc) is 2.74. The molecule has 4 nitrogen and oxygen atoms in total. The molecule has 6 heteroatoms. The summed E-state index contributed by atoms with van der Waals surface area (Å²) in [5.74, 6) is -1.48. The first kappa shape index (κ1) is 11.6. The van der Waals surface area contributed by atoms with Gasteiger partial charge in [-0.2, -0.15) is 0 Å². The van der Waals surface area contributed by atoms with E-state index >= 15 is 0 Å². The summed E-state index contributed by atoms with van der Waals surface area (Å²) >= 11 is 0. The van der Waals surface area contributed by atoms with Crippen molar-refractivity contribution in [1.82, 2.24) is 0 Å². The van der Waals surface area contributed by atoms with Gasteiger partial charge in [0.25, 0.3) is 0 Å². The number of urea groups is 1. The molecule has 0 saturated carbocycles. The van der Waals surface area contributed by atoms with Crippen molar-refractivity contribution in [3.63, 3.8) is 0 Å². The monoisotopic (exact) mass is 241 g/mol. The zero-order valence-corrected chi connectivity index (χ0v) is 9.17. The van der Waals surface area contributed by atoms with Crippen LogP contribution in [0.15, 0.2) is 12.1 Å². The SMILES string of the molecule is NC(=O)Nc1c(F)cc(F)cc1N1CCCC1. The highest BCUT2D eigenvalue weighted by Gasteiger charge is 2.20. The van der Waals surface area contributed by atoms with Gasteiger partial charge in [-0.3, -0.25) is 0 Å². The summed E-state index contributed by atoms with van der Waals surface area (Å²) in [6.07, 6.45) is 1.93. The van der Waals surface area contributed by atoms with Crippen molar-refractivity contribution in [3.8, 4) is 0 Å². The Balaban J connectivity index is 2.42. The quantitative estimate of drug-likeness (QED) is 0.832. The predicted molar refractivity (Wildman–Crippen MR) is 61.0 cm³/mol. The maximum atomic E-state index is 13.6. The van der Waals surface area contributed by atoms with Crippen LogP contribution in [0.25, 0.3) is 0 Å². The fraction of sp³-hybridized carbons (Fsp3) is 0.364. The van der Waals surface area contributed by atoms with Crippen LogP contribution in [0.2, 0.25) is 0 Å². The lowest BCUT2D eigenvalue weighted by molar-refractivity contribution is 0.259. The molecule has 17 heavy (non-hydrogen) atoms. The molecule has 3 N–H and O–H groups in total. The van der Waals surface area contributed by atoms with Gasteiger partial charge in [0.05, 0.1) is 5.69 Å². The molecule has 0 aliphatic carbocycles. The van der Waals surface area contributed by atoms with E-state index in [0.717, 1.165) is 32.0 Å². The van der Waals surface area contributed by atoms with E-state index in [9.17, 15) is 13.6 Å². The standard InChI is InChI=1S/C11H13F2N3O/c12-7-5-8(13)10(15-11(14)17)9(6-7)16-3-1-2-4-16/h5-6H,1-4H2,(H3,14,15,17). The third-order valence-corrected chi connectivity index (χ3v) is 2.73. The van der Waals surface area contributed by atoms with Gasteiger partial charge in [0.15, 0.2) is 5.82 Å². The van der Waals surface area contributed by atoms with Gasteiger partial charge in [0.2, 0.25) is 0 Å². The molecule has 1 saturated heterocycles. The number of amides is 2. The molecule has 2 amide bonds. The highest BCUT2D eigenvalue weighted by Crippen LogP contribution is 2.32. The molecule has 2 rings (SSSR count). The van der Waals surface area contributed by atoms with Crippen molar-refractivity contribution in [2.75, 3.05) is 23.3 Å². The minimum absolute atomic E-state index is 0.0548. The molecule has 0 radical (unpaired) electrons. The van der Waals surface area contributed by atoms with E-state index in [2.05, 4.69) is 5.32 Å². The van der Waals surface area contributed by atoms with Crippen LogP contribution in [0.3, 0.4) is 0 Å². The summed E-state index contributed by atoms with van der Waals surface area (Å²) in [6.45, 7) is 1.44. The van der Waals surface area contributed by atoms with Gasteiger partial charge in [-0.15, -0.1) is 0 Å². The maximum absolute atomic E-state index is 13.6. The summed E-state index contributed by atoms with van der Waals surface area (Å²) < 4.78 is 26.8. The summed E-state index contributed by atoms with van der Waals surface area (Å²) in [7, 11) is 0. The van der Waals surface area contributed by atoms with Gasteiger partial charge in [0.1, 0.15) is 11.5 Å². The van der Waals surface area contributed by atoms with Gasteiger partial charge < -0.3 is 16.0 Å². The van der Waals surface area contributed by atoms with Crippen molar-refractivity contribution in [2.45, 2.75) is 12.8 Å². The number of nitrogens with zero attached hydrogens (tertiary/aromatic N) is 1. The molecule has 0 bridgehead atoms. The highest BCUT2D eigenvalue weighted by atomic mass is 19.1. The Kier molecular flexibility index (Phi) is 3.12. The molecule has 1 heterocycles. The van der Waals surface area contributed by atoms with Crippen LogP contribution in [-0.4, -0.2) is 19.1 Å². The summed E-state index contributed by atoms with van der Waals surface area (Å²) in [4.78, 5) is 12.6. The molecule has 1 fully saturated rings. The second kappa shape index (κ2) is 4.57. The summed E-state index contributed by atoms with van der Waals surface area (Å²) in [6, 6.07) is 1.07. The molecule has 0 atom stereocenters. The number of nitrogens with one attached hydrogen (secondary N) is 1. The number of hydrogen-bond acceptors (Lipinski definition) is 2. The van der Waals surface area contributed by atoms with Gasteiger partial charge in [-0.05, 0) is 18.9 Å².